The Hall–Kier alpha value is -1.77. The van der Waals surface area contributed by atoms with E-state index in [2.05, 4.69) is 0 Å². The van der Waals surface area contributed by atoms with E-state index in [9.17, 15) is 9.90 Å². The number of hydrogen-bond acceptors (Lipinski definition) is 1. The predicted molar refractivity (Wildman–Crippen MR) is 61.9 cm³/mol. The van der Waals surface area contributed by atoms with E-state index in [0.717, 1.165) is 36.8 Å². The molecule has 1 aliphatic carbocycles. The molecule has 0 amide bonds. The van der Waals surface area contributed by atoms with E-state index in [4.69, 9.17) is 1.41 Å². The summed E-state index contributed by atoms with van der Waals surface area (Å²) < 4.78 is 8.09. The van der Waals surface area contributed by atoms with E-state index < -0.39 is 5.97 Å². The molecule has 0 unspecified atom stereocenters. The van der Waals surface area contributed by atoms with Crippen molar-refractivity contribution in [3.05, 3.63) is 35.0 Å². The van der Waals surface area contributed by atoms with Gasteiger partial charge < -0.3 is 10.1 Å². The standard InChI is InChI=1S/C13H13NO2/c15-13(16)10-6-3-5-9-8-4-1-2-7-11(8)14-12(9)10/h3,5-6,14H,1-2,4,7H2,(H,15,16)/i/hD. The molecule has 0 radical (unpaired) electrons. The van der Waals surface area contributed by atoms with Crippen molar-refractivity contribution in [2.45, 2.75) is 25.7 Å². The lowest BCUT2D eigenvalue weighted by Crippen LogP contribution is -1.99. The van der Waals surface area contributed by atoms with Crippen LogP contribution in [0.15, 0.2) is 18.2 Å². The van der Waals surface area contributed by atoms with Gasteiger partial charge in [-0.3, -0.25) is 0 Å². The van der Waals surface area contributed by atoms with Gasteiger partial charge in [0.05, 0.1) is 11.1 Å². The van der Waals surface area contributed by atoms with Crippen molar-refractivity contribution in [3.8, 4) is 0 Å². The van der Waals surface area contributed by atoms with E-state index >= 15 is 0 Å². The fraction of sp³-hybridized carbons (Fsp3) is 0.308. The molecule has 1 aromatic heterocycles. The first-order valence-corrected chi connectivity index (χ1v) is 5.58. The number of aryl methyl sites for hydroxylation is 1. The number of aromatic amines is 1. The number of fused-ring (bicyclic) bond motifs is 3. The Balaban J connectivity index is 2.41. The minimum atomic E-state index is -0.959. The highest BCUT2D eigenvalue weighted by molar-refractivity contribution is 6.03. The zero-order valence-electron chi connectivity index (χ0n) is 9.86. The van der Waals surface area contributed by atoms with Crippen LogP contribution in [-0.2, 0) is 12.8 Å². The van der Waals surface area contributed by atoms with Crippen LogP contribution in [0.5, 0.6) is 0 Å². The van der Waals surface area contributed by atoms with Gasteiger partial charge in [0.15, 0.2) is 1.41 Å². The van der Waals surface area contributed by atoms with Crippen LogP contribution in [0.4, 0.5) is 0 Å². The summed E-state index contributed by atoms with van der Waals surface area (Å²) in [5.41, 5.74) is 2.93. The minimum Gasteiger partial charge on any atom is -0.478 e. The largest absolute Gasteiger partial charge is 0.478 e. The van der Waals surface area contributed by atoms with Gasteiger partial charge in [-0.15, -0.1) is 0 Å². The summed E-state index contributed by atoms with van der Waals surface area (Å²) in [6.07, 6.45) is 4.06. The molecule has 1 aromatic carbocycles. The first-order chi connectivity index (χ1) is 8.20. The van der Waals surface area contributed by atoms with Crippen LogP contribution in [0.1, 0.15) is 34.5 Å². The maximum absolute atomic E-state index is 11.2. The summed E-state index contributed by atoms with van der Waals surface area (Å²) in [6, 6.07) is 5.26. The molecule has 0 saturated carbocycles. The molecule has 3 heteroatoms. The number of carboxylic acid groups (broad SMARTS) is 1. The Morgan fingerprint density at radius 1 is 1.38 bits per heavy atom. The van der Waals surface area contributed by atoms with Crippen molar-refractivity contribution in [1.29, 1.82) is 0 Å². The van der Waals surface area contributed by atoms with Gasteiger partial charge in [0.1, 0.15) is 0 Å². The Kier molecular flexibility index (Phi) is 1.77. The maximum Gasteiger partial charge on any atom is 0.337 e. The van der Waals surface area contributed by atoms with Crippen LogP contribution in [0, 0.1) is 0 Å². The van der Waals surface area contributed by atoms with Gasteiger partial charge in [0, 0.05) is 11.1 Å². The highest BCUT2D eigenvalue weighted by Gasteiger charge is 2.18. The van der Waals surface area contributed by atoms with Gasteiger partial charge in [-0.05, 0) is 37.3 Å². The molecular formula is C13H13NO2. The van der Waals surface area contributed by atoms with Crippen molar-refractivity contribution in [1.82, 2.24) is 4.98 Å². The third kappa shape index (κ3) is 1.24. The summed E-state index contributed by atoms with van der Waals surface area (Å²) in [6.45, 7) is 0. The maximum atomic E-state index is 11.2. The highest BCUT2D eigenvalue weighted by atomic mass is 16.4. The molecular weight excluding hydrogens is 202 g/mol. The van der Waals surface area contributed by atoms with Gasteiger partial charge in [-0.2, -0.15) is 0 Å². The number of hydrogen-bond donors (Lipinski definition) is 2. The molecule has 2 N–H and O–H groups in total. The number of aromatic nitrogens is 1. The third-order valence-electron chi connectivity index (χ3n) is 3.28. The fourth-order valence-electron chi connectivity index (χ4n) is 2.52. The first-order valence-electron chi connectivity index (χ1n) is 6.02. The van der Waals surface area contributed by atoms with Gasteiger partial charge in [0.25, 0.3) is 0 Å². The Morgan fingerprint density at radius 3 is 3.00 bits per heavy atom. The number of rotatable bonds is 1. The van der Waals surface area contributed by atoms with E-state index in [1.807, 2.05) is 6.07 Å². The normalized spacial score (nSPS) is 15.9. The smallest absolute Gasteiger partial charge is 0.337 e. The van der Waals surface area contributed by atoms with Gasteiger partial charge >= 0.3 is 5.97 Å². The molecule has 3 rings (SSSR count). The molecule has 0 atom stereocenters. The van der Waals surface area contributed by atoms with Gasteiger partial charge in [-0.25, -0.2) is 4.79 Å². The second kappa shape index (κ2) is 3.37. The summed E-state index contributed by atoms with van der Waals surface area (Å²) in [7, 11) is 0. The monoisotopic (exact) mass is 216 g/mol. The quantitative estimate of drug-likeness (QED) is 0.770. The molecule has 2 aromatic rings. The number of benzene rings is 1. The van der Waals surface area contributed by atoms with Crippen LogP contribution in [0.3, 0.4) is 0 Å². The van der Waals surface area contributed by atoms with Crippen LogP contribution < -0.4 is 0 Å². The average Bonchev–Trinajstić information content (AvgIpc) is 2.64. The summed E-state index contributed by atoms with van der Waals surface area (Å²) >= 11 is 0. The number of carbonyl (C=O) groups is 1. The summed E-state index contributed by atoms with van der Waals surface area (Å²) in [5.74, 6) is -0.959. The second-order valence-corrected chi connectivity index (χ2v) is 4.25. The number of para-hydroxylation sites is 1. The Morgan fingerprint density at radius 2 is 2.19 bits per heavy atom. The van der Waals surface area contributed by atoms with E-state index in [-0.39, 0.29) is 5.56 Å². The molecule has 0 fully saturated rings. The lowest BCUT2D eigenvalue weighted by Gasteiger charge is -2.10. The molecule has 1 aliphatic rings. The number of carboxylic acids is 1. The average molecular weight is 216 g/mol. The van der Waals surface area contributed by atoms with Crippen molar-refractivity contribution < 1.29 is 11.3 Å². The third-order valence-corrected chi connectivity index (χ3v) is 3.28. The van der Waals surface area contributed by atoms with E-state index in [0.29, 0.717) is 5.52 Å². The summed E-state index contributed by atoms with van der Waals surface area (Å²) in [4.78, 5) is 12.5. The molecule has 1 heterocycles. The highest BCUT2D eigenvalue weighted by Crippen LogP contribution is 2.30. The lowest BCUT2D eigenvalue weighted by molar-refractivity contribution is 0.0699. The Labute approximate surface area is 94.6 Å². The molecule has 0 spiro atoms. The van der Waals surface area contributed by atoms with E-state index in [1.54, 1.807) is 12.1 Å². The zero-order valence-corrected chi connectivity index (χ0v) is 8.86. The summed E-state index contributed by atoms with van der Waals surface area (Å²) in [5, 5.41) is 10.1. The molecule has 16 heavy (non-hydrogen) atoms. The van der Waals surface area contributed by atoms with Crippen LogP contribution in [0.25, 0.3) is 10.9 Å². The number of aromatic carboxylic acids is 1. The Bertz CT molecular complexity index is 615. The SMILES string of the molecule is [2H]n1c2c(c3cccc(C(=O)O)c31)CCCC2. The number of nitrogens with one attached hydrogen (secondary N) is 1. The second-order valence-electron chi connectivity index (χ2n) is 4.25. The molecule has 82 valence electrons. The molecule has 0 aliphatic heterocycles. The van der Waals surface area contributed by atoms with Gasteiger partial charge in [0.2, 0.25) is 0 Å². The zero-order chi connectivity index (χ0) is 12.0. The van der Waals surface area contributed by atoms with Crippen LogP contribution in [0.2, 0.25) is 1.41 Å². The fourth-order valence-corrected chi connectivity index (χ4v) is 2.52. The van der Waals surface area contributed by atoms with Gasteiger partial charge in [-0.1, -0.05) is 12.1 Å². The molecule has 3 nitrogen and oxygen atoms in total. The van der Waals surface area contributed by atoms with Crippen LogP contribution in [-0.4, -0.2) is 16.1 Å². The van der Waals surface area contributed by atoms with Crippen LogP contribution >= 0.6 is 0 Å². The first kappa shape index (κ1) is 8.39. The van der Waals surface area contributed by atoms with Crippen molar-refractivity contribution in [2.75, 3.05) is 0 Å². The van der Waals surface area contributed by atoms with Crippen molar-refractivity contribution >= 4 is 16.9 Å². The number of H-pyrrole nitrogens is 1. The minimum absolute atomic E-state index is 0.229. The molecule has 0 saturated heterocycles. The van der Waals surface area contributed by atoms with Crippen molar-refractivity contribution in [3.63, 3.8) is 0 Å². The van der Waals surface area contributed by atoms with E-state index in [1.165, 1.54) is 10.5 Å². The lowest BCUT2D eigenvalue weighted by atomic mass is 9.95. The predicted octanol–water partition coefficient (Wildman–Crippen LogP) is 2.74. The molecule has 0 bridgehead atoms. The topological polar surface area (TPSA) is 53.1 Å². The van der Waals surface area contributed by atoms with Crippen molar-refractivity contribution in [2.24, 2.45) is 0 Å².